The number of hydrogen-bond donors (Lipinski definition) is 3. The maximum absolute atomic E-state index is 5.35. The number of benzene rings is 3. The van der Waals surface area contributed by atoms with Crippen LogP contribution < -0.4 is 16.0 Å². The Morgan fingerprint density at radius 2 is 1.54 bits per heavy atom. The lowest BCUT2D eigenvalue weighted by Gasteiger charge is -2.11. The van der Waals surface area contributed by atoms with Gasteiger partial charge in [0.15, 0.2) is 5.11 Å². The van der Waals surface area contributed by atoms with Gasteiger partial charge in [-0.2, -0.15) is 0 Å². The van der Waals surface area contributed by atoms with E-state index in [0.29, 0.717) is 11.7 Å². The van der Waals surface area contributed by atoms with Crippen LogP contribution in [-0.4, -0.2) is 10.1 Å². The lowest BCUT2D eigenvalue weighted by atomic mass is 10.1. The van der Waals surface area contributed by atoms with E-state index in [9.17, 15) is 0 Å². The van der Waals surface area contributed by atoms with Crippen LogP contribution in [0.5, 0.6) is 0 Å². The normalized spacial score (nSPS) is 10.4. The van der Waals surface area contributed by atoms with E-state index in [0.717, 1.165) is 17.2 Å². The minimum Gasteiger partial charge on any atom is -0.358 e. The van der Waals surface area contributed by atoms with E-state index in [4.69, 9.17) is 12.2 Å². The lowest BCUT2D eigenvalue weighted by Crippen LogP contribution is -2.27. The van der Waals surface area contributed by atoms with Crippen LogP contribution in [-0.2, 0) is 6.54 Å². The van der Waals surface area contributed by atoms with Gasteiger partial charge >= 0.3 is 0 Å². The minimum absolute atomic E-state index is 0.570. The van der Waals surface area contributed by atoms with Gasteiger partial charge in [0.25, 0.3) is 0 Å². The molecule has 4 nitrogen and oxygen atoms in total. The molecular formula is C23H20N4S. The number of anilines is 3. The van der Waals surface area contributed by atoms with Gasteiger partial charge in [-0.05, 0) is 52.8 Å². The Balaban J connectivity index is 1.34. The largest absolute Gasteiger partial charge is 0.358 e. The lowest BCUT2D eigenvalue weighted by molar-refractivity contribution is 0.926. The summed E-state index contributed by atoms with van der Waals surface area (Å²) in [4.78, 5) is 4.46. The highest BCUT2D eigenvalue weighted by Gasteiger charge is 2.01. The van der Waals surface area contributed by atoms with E-state index in [2.05, 4.69) is 63.4 Å². The van der Waals surface area contributed by atoms with Crippen molar-refractivity contribution in [3.63, 3.8) is 0 Å². The smallest absolute Gasteiger partial charge is 0.171 e. The van der Waals surface area contributed by atoms with Gasteiger partial charge in [0.2, 0.25) is 0 Å². The summed E-state index contributed by atoms with van der Waals surface area (Å²) in [5.41, 5.74) is 3.03. The molecule has 0 aliphatic rings. The molecule has 5 heteroatoms. The number of pyridine rings is 1. The molecule has 1 aromatic heterocycles. The Kier molecular flexibility index (Phi) is 5.45. The Morgan fingerprint density at radius 1 is 0.786 bits per heavy atom. The summed E-state index contributed by atoms with van der Waals surface area (Å²) in [6, 6.07) is 28.6. The van der Waals surface area contributed by atoms with Crippen LogP contribution >= 0.6 is 12.2 Å². The predicted octanol–water partition coefficient (Wildman–Crippen LogP) is 5.47. The van der Waals surface area contributed by atoms with Gasteiger partial charge in [-0.1, -0.05) is 60.7 Å². The fraction of sp³-hybridized carbons (Fsp3) is 0.0435. The maximum atomic E-state index is 5.35. The van der Waals surface area contributed by atoms with Crippen molar-refractivity contribution in [3.05, 3.63) is 96.7 Å². The molecule has 0 spiro atoms. The summed E-state index contributed by atoms with van der Waals surface area (Å²) < 4.78 is 0. The predicted molar refractivity (Wildman–Crippen MR) is 121 cm³/mol. The fourth-order valence-electron chi connectivity index (χ4n) is 2.91. The summed E-state index contributed by atoms with van der Waals surface area (Å²) in [6.45, 7) is 0.682. The highest BCUT2D eigenvalue weighted by atomic mass is 32.1. The third-order valence-electron chi connectivity index (χ3n) is 4.34. The minimum atomic E-state index is 0.570. The van der Waals surface area contributed by atoms with Crippen molar-refractivity contribution in [3.8, 4) is 0 Å². The van der Waals surface area contributed by atoms with Crippen molar-refractivity contribution in [2.75, 3.05) is 10.6 Å². The second-order valence-corrected chi connectivity index (χ2v) is 6.82. The van der Waals surface area contributed by atoms with Gasteiger partial charge in [0.05, 0.1) is 11.9 Å². The zero-order valence-electron chi connectivity index (χ0n) is 15.2. The van der Waals surface area contributed by atoms with Crippen LogP contribution in [0.25, 0.3) is 10.8 Å². The molecule has 0 saturated heterocycles. The molecule has 0 atom stereocenters. The van der Waals surface area contributed by atoms with Crippen LogP contribution in [0.1, 0.15) is 5.56 Å². The molecule has 138 valence electrons. The van der Waals surface area contributed by atoms with Gasteiger partial charge in [0.1, 0.15) is 5.82 Å². The molecule has 0 saturated carbocycles. The first-order chi connectivity index (χ1) is 13.8. The number of thiocarbonyl (C=S) groups is 1. The average Bonchev–Trinajstić information content (AvgIpc) is 2.74. The first-order valence-electron chi connectivity index (χ1n) is 9.07. The van der Waals surface area contributed by atoms with Gasteiger partial charge in [-0.15, -0.1) is 0 Å². The number of fused-ring (bicyclic) bond motifs is 1. The van der Waals surface area contributed by atoms with E-state index < -0.39 is 0 Å². The van der Waals surface area contributed by atoms with Crippen LogP contribution in [0.15, 0.2) is 91.1 Å². The molecule has 0 fully saturated rings. The molecule has 0 aliphatic heterocycles. The summed E-state index contributed by atoms with van der Waals surface area (Å²) >= 11 is 5.35. The molecule has 4 aromatic rings. The molecule has 0 unspecified atom stereocenters. The Hall–Kier alpha value is -3.44. The third kappa shape index (κ3) is 4.64. The topological polar surface area (TPSA) is 49.0 Å². The van der Waals surface area contributed by atoms with Crippen molar-refractivity contribution in [2.24, 2.45) is 0 Å². The Labute approximate surface area is 169 Å². The second kappa shape index (κ2) is 8.50. The molecular weight excluding hydrogens is 364 g/mol. The summed E-state index contributed by atoms with van der Waals surface area (Å²) in [5, 5.41) is 12.7. The summed E-state index contributed by atoms with van der Waals surface area (Å²) in [7, 11) is 0. The van der Waals surface area contributed by atoms with Crippen molar-refractivity contribution >= 4 is 45.3 Å². The molecule has 0 aliphatic carbocycles. The molecule has 3 aromatic carbocycles. The molecule has 1 heterocycles. The number of hydrogen-bond acceptors (Lipinski definition) is 3. The fourth-order valence-corrected chi connectivity index (χ4v) is 3.10. The maximum Gasteiger partial charge on any atom is 0.171 e. The highest BCUT2D eigenvalue weighted by Crippen LogP contribution is 2.22. The van der Waals surface area contributed by atoms with Gasteiger partial charge in [-0.3, -0.25) is 0 Å². The number of nitrogens with one attached hydrogen (secondary N) is 3. The highest BCUT2D eigenvalue weighted by molar-refractivity contribution is 7.80. The summed E-state index contributed by atoms with van der Waals surface area (Å²) in [6.07, 6.45) is 1.76. The first-order valence-corrected chi connectivity index (χ1v) is 9.48. The van der Waals surface area contributed by atoms with Crippen LogP contribution in [0, 0.1) is 0 Å². The molecule has 3 N–H and O–H groups in total. The molecule has 0 amide bonds. The van der Waals surface area contributed by atoms with Crippen LogP contribution in [0.2, 0.25) is 0 Å². The Morgan fingerprint density at radius 3 is 2.32 bits per heavy atom. The molecule has 28 heavy (non-hydrogen) atoms. The van der Waals surface area contributed by atoms with Gasteiger partial charge in [-0.25, -0.2) is 4.98 Å². The average molecular weight is 385 g/mol. The number of rotatable bonds is 5. The zero-order valence-corrected chi connectivity index (χ0v) is 16.0. The third-order valence-corrected chi connectivity index (χ3v) is 4.59. The second-order valence-electron chi connectivity index (χ2n) is 6.41. The SMILES string of the molecule is S=C(NCc1ccccc1)Nc1ccc(Nc2ccc3ccccc3c2)nc1. The molecule has 0 bridgehead atoms. The molecule has 4 rings (SSSR count). The summed E-state index contributed by atoms with van der Waals surface area (Å²) in [5.74, 6) is 0.781. The number of nitrogens with zero attached hydrogens (tertiary/aromatic N) is 1. The van der Waals surface area contributed by atoms with Crippen molar-refractivity contribution in [2.45, 2.75) is 6.54 Å². The van der Waals surface area contributed by atoms with Gasteiger partial charge < -0.3 is 16.0 Å². The van der Waals surface area contributed by atoms with E-state index in [1.54, 1.807) is 6.20 Å². The van der Waals surface area contributed by atoms with Crippen molar-refractivity contribution < 1.29 is 0 Å². The first kappa shape index (κ1) is 17.9. The zero-order chi connectivity index (χ0) is 19.2. The number of aromatic nitrogens is 1. The quantitative estimate of drug-likeness (QED) is 0.399. The van der Waals surface area contributed by atoms with Crippen LogP contribution in [0.3, 0.4) is 0 Å². The Bertz CT molecular complexity index is 1080. The van der Waals surface area contributed by atoms with E-state index in [-0.39, 0.29) is 0 Å². The van der Waals surface area contributed by atoms with E-state index in [1.807, 2.05) is 42.5 Å². The van der Waals surface area contributed by atoms with E-state index in [1.165, 1.54) is 16.3 Å². The van der Waals surface area contributed by atoms with Gasteiger partial charge in [0, 0.05) is 12.2 Å². The van der Waals surface area contributed by atoms with Crippen molar-refractivity contribution in [1.82, 2.24) is 10.3 Å². The monoisotopic (exact) mass is 384 g/mol. The van der Waals surface area contributed by atoms with Crippen molar-refractivity contribution in [1.29, 1.82) is 0 Å². The molecule has 0 radical (unpaired) electrons. The van der Waals surface area contributed by atoms with Crippen LogP contribution in [0.4, 0.5) is 17.2 Å². The standard InChI is InChI=1S/C23H20N4S/c28-23(25-15-17-6-2-1-3-7-17)27-21-12-13-22(24-16-21)26-20-11-10-18-8-4-5-9-19(18)14-20/h1-14,16H,15H2,(H,24,26)(H2,25,27,28). The van der Waals surface area contributed by atoms with E-state index >= 15 is 0 Å².